The van der Waals surface area contributed by atoms with Crippen molar-refractivity contribution in [2.24, 2.45) is 0 Å². The third-order valence-corrected chi connectivity index (χ3v) is 9.55. The summed E-state index contributed by atoms with van der Waals surface area (Å²) in [7, 11) is 0. The topological polar surface area (TPSA) is 30.7 Å². The molecule has 0 aliphatic rings. The Morgan fingerprint density at radius 2 is 1.02 bits per heavy atom. The molecule has 3 nitrogen and oxygen atoms in total. The van der Waals surface area contributed by atoms with Crippen LogP contribution in [0.3, 0.4) is 0 Å². The molecule has 0 radical (unpaired) electrons. The highest BCUT2D eigenvalue weighted by Crippen LogP contribution is 2.38. The first kappa shape index (κ1) is 26.6. The molecule has 0 atom stereocenters. The van der Waals surface area contributed by atoms with Gasteiger partial charge in [-0.25, -0.2) is 4.98 Å². The number of hydrogen-bond donors (Lipinski definition) is 0. The fourth-order valence-electron chi connectivity index (χ4n) is 6.57. The number of nitrogens with zero attached hydrogens (tertiary/aromatic N) is 3. The molecular weight excluding hydrogens is 579 g/mol. The maximum atomic E-state index is 5.04. The fourth-order valence-corrected chi connectivity index (χ4v) is 7.24. The third-order valence-electron chi connectivity index (χ3n) is 8.79. The quantitative estimate of drug-likeness (QED) is 0.195. The van der Waals surface area contributed by atoms with E-state index in [-0.39, 0.29) is 0 Å². The number of hydrogen-bond acceptors (Lipinski definition) is 3. The van der Waals surface area contributed by atoms with Gasteiger partial charge >= 0.3 is 0 Å². The molecule has 0 aliphatic heterocycles. The van der Waals surface area contributed by atoms with Gasteiger partial charge in [-0.15, -0.1) is 0 Å². The minimum atomic E-state index is 0.765. The van der Waals surface area contributed by atoms with Crippen LogP contribution in [0.1, 0.15) is 0 Å². The van der Waals surface area contributed by atoms with E-state index in [1.165, 1.54) is 61.0 Å². The van der Waals surface area contributed by atoms with Crippen LogP contribution in [0.4, 0.5) is 0 Å². The standard InChI is InChI=1S/C42H27N3S/c1-3-11-28(12-4-1)31-21-23-39-37(26-31)38-27-32(29-13-5-2-6-14-29)22-24-40(38)45(39)34-18-9-17-33(25-34)42-43-41(44-46-42)36-20-10-16-30-15-7-8-19-35(30)36/h1-27H. The first-order chi connectivity index (χ1) is 22.8. The molecule has 2 heterocycles. The zero-order chi connectivity index (χ0) is 30.5. The van der Waals surface area contributed by atoms with Crippen LogP contribution in [0, 0.1) is 0 Å². The van der Waals surface area contributed by atoms with E-state index in [0.29, 0.717) is 0 Å². The molecule has 2 aromatic heterocycles. The molecule has 0 bridgehead atoms. The summed E-state index contributed by atoms with van der Waals surface area (Å²) in [6.45, 7) is 0. The lowest BCUT2D eigenvalue weighted by Gasteiger charge is -2.10. The highest BCUT2D eigenvalue weighted by Gasteiger charge is 2.17. The van der Waals surface area contributed by atoms with Crippen LogP contribution in [-0.2, 0) is 0 Å². The molecule has 0 aliphatic carbocycles. The molecule has 0 saturated heterocycles. The minimum Gasteiger partial charge on any atom is -0.309 e. The fraction of sp³-hybridized carbons (Fsp3) is 0. The predicted octanol–water partition coefficient (Wildman–Crippen LogP) is 11.5. The van der Waals surface area contributed by atoms with Gasteiger partial charge in [-0.2, -0.15) is 4.37 Å². The lowest BCUT2D eigenvalue weighted by Crippen LogP contribution is -1.94. The summed E-state index contributed by atoms with van der Waals surface area (Å²) in [5.74, 6) is 0.765. The van der Waals surface area contributed by atoms with Crippen LogP contribution in [0.2, 0.25) is 0 Å². The predicted molar refractivity (Wildman–Crippen MR) is 193 cm³/mol. The summed E-state index contributed by atoms with van der Waals surface area (Å²) < 4.78 is 7.19. The maximum Gasteiger partial charge on any atom is 0.174 e. The second-order valence-corrected chi connectivity index (χ2v) is 12.3. The lowest BCUT2D eigenvalue weighted by atomic mass is 10.0. The van der Waals surface area contributed by atoms with E-state index in [1.807, 2.05) is 0 Å². The number of benzene rings is 7. The van der Waals surface area contributed by atoms with Gasteiger partial charge in [-0.1, -0.05) is 127 Å². The van der Waals surface area contributed by atoms with Crippen molar-refractivity contribution in [2.45, 2.75) is 0 Å². The van der Waals surface area contributed by atoms with Crippen molar-refractivity contribution in [3.8, 4) is 49.9 Å². The Balaban J connectivity index is 1.20. The molecule has 0 amide bonds. The summed E-state index contributed by atoms with van der Waals surface area (Å²) in [5.41, 5.74) is 10.4. The van der Waals surface area contributed by atoms with E-state index >= 15 is 0 Å². The smallest absolute Gasteiger partial charge is 0.174 e. The number of rotatable bonds is 5. The first-order valence-corrected chi connectivity index (χ1v) is 16.2. The van der Waals surface area contributed by atoms with Crippen molar-refractivity contribution in [3.05, 3.63) is 164 Å². The van der Waals surface area contributed by atoms with Gasteiger partial charge in [-0.05, 0) is 81.0 Å². The molecule has 9 aromatic rings. The monoisotopic (exact) mass is 605 g/mol. The van der Waals surface area contributed by atoms with Crippen LogP contribution in [0.25, 0.3) is 82.5 Å². The van der Waals surface area contributed by atoms with Crippen molar-refractivity contribution < 1.29 is 0 Å². The Morgan fingerprint density at radius 1 is 0.435 bits per heavy atom. The van der Waals surface area contributed by atoms with Crippen LogP contribution in [-0.4, -0.2) is 13.9 Å². The van der Waals surface area contributed by atoms with Gasteiger partial charge in [0.15, 0.2) is 5.82 Å². The van der Waals surface area contributed by atoms with Crippen molar-refractivity contribution in [1.82, 2.24) is 13.9 Å². The van der Waals surface area contributed by atoms with E-state index in [1.54, 1.807) is 0 Å². The van der Waals surface area contributed by atoms with Gasteiger partial charge in [0.25, 0.3) is 0 Å². The Labute approximate surface area is 270 Å². The summed E-state index contributed by atoms with van der Waals surface area (Å²) >= 11 is 1.45. The van der Waals surface area contributed by atoms with Gasteiger partial charge in [0, 0.05) is 27.6 Å². The molecule has 0 N–H and O–H groups in total. The minimum absolute atomic E-state index is 0.765. The highest BCUT2D eigenvalue weighted by molar-refractivity contribution is 7.09. The van der Waals surface area contributed by atoms with Crippen LogP contribution >= 0.6 is 11.5 Å². The number of fused-ring (bicyclic) bond motifs is 4. The summed E-state index contributed by atoms with van der Waals surface area (Å²) in [6, 6.07) is 58.3. The highest BCUT2D eigenvalue weighted by atomic mass is 32.1. The first-order valence-electron chi connectivity index (χ1n) is 15.4. The zero-order valence-corrected chi connectivity index (χ0v) is 25.7. The van der Waals surface area contributed by atoms with Crippen LogP contribution in [0.15, 0.2) is 164 Å². The molecule has 9 rings (SSSR count). The SMILES string of the molecule is c1ccc(-c2ccc3c(c2)c2cc(-c4ccccc4)ccc2n3-c2cccc(-c3nc(-c4cccc5ccccc45)ns3)c2)cc1. The lowest BCUT2D eigenvalue weighted by molar-refractivity contribution is 1.18. The summed E-state index contributed by atoms with van der Waals surface area (Å²) in [6.07, 6.45) is 0. The molecule has 0 spiro atoms. The van der Waals surface area contributed by atoms with Gasteiger partial charge in [0.05, 0.1) is 11.0 Å². The van der Waals surface area contributed by atoms with Crippen molar-refractivity contribution in [2.75, 3.05) is 0 Å². The molecular formula is C42H27N3S. The van der Waals surface area contributed by atoms with Gasteiger partial charge < -0.3 is 4.57 Å². The van der Waals surface area contributed by atoms with Crippen molar-refractivity contribution in [3.63, 3.8) is 0 Å². The molecule has 0 fully saturated rings. The summed E-state index contributed by atoms with van der Waals surface area (Å²) in [4.78, 5) is 5.04. The van der Waals surface area contributed by atoms with E-state index < -0.39 is 0 Å². The second-order valence-electron chi connectivity index (χ2n) is 11.5. The number of aromatic nitrogens is 3. The molecule has 216 valence electrons. The van der Waals surface area contributed by atoms with E-state index in [9.17, 15) is 0 Å². The van der Waals surface area contributed by atoms with E-state index in [4.69, 9.17) is 9.36 Å². The molecule has 0 unspecified atom stereocenters. The average molecular weight is 606 g/mol. The van der Waals surface area contributed by atoms with Crippen LogP contribution in [0.5, 0.6) is 0 Å². The molecule has 46 heavy (non-hydrogen) atoms. The zero-order valence-electron chi connectivity index (χ0n) is 24.8. The van der Waals surface area contributed by atoms with Crippen molar-refractivity contribution in [1.29, 1.82) is 0 Å². The molecule has 4 heteroatoms. The largest absolute Gasteiger partial charge is 0.309 e. The van der Waals surface area contributed by atoms with Gasteiger partial charge in [-0.3, -0.25) is 0 Å². The van der Waals surface area contributed by atoms with E-state index in [0.717, 1.165) is 33.0 Å². The Morgan fingerprint density at radius 3 is 1.72 bits per heavy atom. The molecule has 0 saturated carbocycles. The van der Waals surface area contributed by atoms with E-state index in [2.05, 4.69) is 168 Å². The maximum absolute atomic E-state index is 5.04. The Kier molecular flexibility index (Phi) is 6.32. The molecule has 7 aromatic carbocycles. The second kappa shape index (κ2) is 11.0. The van der Waals surface area contributed by atoms with Crippen molar-refractivity contribution >= 4 is 44.1 Å². The normalized spacial score (nSPS) is 11.5. The van der Waals surface area contributed by atoms with Gasteiger partial charge in [0.1, 0.15) is 5.01 Å². The summed E-state index contributed by atoms with van der Waals surface area (Å²) in [5, 5.41) is 5.72. The Bertz CT molecular complexity index is 2430. The third kappa shape index (κ3) is 4.50. The van der Waals surface area contributed by atoms with Gasteiger partial charge in [0.2, 0.25) is 0 Å². The Hall–Kier alpha value is -5.84. The van der Waals surface area contributed by atoms with Crippen LogP contribution < -0.4 is 0 Å². The average Bonchev–Trinajstić information content (AvgIpc) is 3.75.